The van der Waals surface area contributed by atoms with E-state index in [1.54, 1.807) is 16.9 Å². The molecule has 4 nitrogen and oxygen atoms in total. The van der Waals surface area contributed by atoms with Gasteiger partial charge in [0.05, 0.1) is 17.6 Å². The summed E-state index contributed by atoms with van der Waals surface area (Å²) in [5, 5.41) is 11.3. The van der Waals surface area contributed by atoms with Gasteiger partial charge in [-0.2, -0.15) is 0 Å². The highest BCUT2D eigenvalue weighted by Crippen LogP contribution is 2.22. The van der Waals surface area contributed by atoms with E-state index in [0.29, 0.717) is 11.0 Å². The summed E-state index contributed by atoms with van der Waals surface area (Å²) >= 11 is 3.34. The molecular weight excluding hydrogens is 311 g/mol. The van der Waals surface area contributed by atoms with E-state index >= 15 is 0 Å². The topological polar surface area (TPSA) is 42.7 Å². The zero-order valence-corrected chi connectivity index (χ0v) is 12.7. The molecule has 2 aromatic rings. The molecule has 102 valence electrons. The molecule has 0 spiro atoms. The van der Waals surface area contributed by atoms with Crippen molar-refractivity contribution in [2.75, 3.05) is 0 Å². The summed E-state index contributed by atoms with van der Waals surface area (Å²) in [5.41, 5.74) is 1.70. The van der Waals surface area contributed by atoms with Crippen LogP contribution in [0.15, 0.2) is 28.9 Å². The minimum Gasteiger partial charge on any atom is -0.306 e. The van der Waals surface area contributed by atoms with Crippen molar-refractivity contribution in [3.8, 4) is 5.69 Å². The summed E-state index contributed by atoms with van der Waals surface area (Å²) in [6.45, 7) is 6.92. The highest BCUT2D eigenvalue weighted by molar-refractivity contribution is 9.10. The molecule has 0 saturated carbocycles. The molecule has 0 unspecified atom stereocenters. The van der Waals surface area contributed by atoms with Crippen molar-refractivity contribution in [2.45, 2.75) is 32.9 Å². The van der Waals surface area contributed by atoms with Crippen LogP contribution in [0.25, 0.3) is 5.69 Å². The Kier molecular flexibility index (Phi) is 4.01. The number of rotatable bonds is 3. The molecule has 6 heteroatoms. The lowest BCUT2D eigenvalue weighted by Gasteiger charge is -2.20. The van der Waals surface area contributed by atoms with Gasteiger partial charge >= 0.3 is 0 Å². The molecule has 0 bridgehead atoms. The molecule has 1 aromatic carbocycles. The molecule has 0 atom stereocenters. The van der Waals surface area contributed by atoms with Crippen LogP contribution in [0.3, 0.4) is 0 Å². The van der Waals surface area contributed by atoms with Gasteiger partial charge in [-0.05, 0) is 54.9 Å². The van der Waals surface area contributed by atoms with E-state index in [-0.39, 0.29) is 11.4 Å². The monoisotopic (exact) mass is 326 g/mol. The van der Waals surface area contributed by atoms with Crippen LogP contribution in [0.5, 0.6) is 0 Å². The Bertz CT molecular complexity index is 574. The number of aromatic nitrogens is 3. The molecule has 1 aromatic heterocycles. The van der Waals surface area contributed by atoms with Crippen LogP contribution in [0.2, 0.25) is 0 Å². The van der Waals surface area contributed by atoms with Gasteiger partial charge in [0.15, 0.2) is 0 Å². The number of halogens is 2. The van der Waals surface area contributed by atoms with Gasteiger partial charge in [-0.1, -0.05) is 5.21 Å². The maximum Gasteiger partial charge on any atom is 0.124 e. The number of benzene rings is 1. The Labute approximate surface area is 120 Å². The van der Waals surface area contributed by atoms with Gasteiger partial charge in [0.1, 0.15) is 5.82 Å². The molecule has 2 rings (SSSR count). The second-order valence-electron chi connectivity index (χ2n) is 5.34. The summed E-state index contributed by atoms with van der Waals surface area (Å²) in [4.78, 5) is 0. The van der Waals surface area contributed by atoms with Crippen molar-refractivity contribution in [2.24, 2.45) is 0 Å². The maximum absolute atomic E-state index is 13.1. The van der Waals surface area contributed by atoms with Crippen LogP contribution in [-0.2, 0) is 6.54 Å². The Balaban J connectivity index is 2.28. The molecule has 0 fully saturated rings. The van der Waals surface area contributed by atoms with Gasteiger partial charge in [-0.15, -0.1) is 5.10 Å². The molecule has 0 aliphatic carbocycles. The van der Waals surface area contributed by atoms with Crippen molar-refractivity contribution in [1.82, 2.24) is 20.3 Å². The molecule has 1 heterocycles. The fourth-order valence-corrected chi connectivity index (χ4v) is 2.11. The van der Waals surface area contributed by atoms with Crippen LogP contribution in [-0.4, -0.2) is 20.5 Å². The lowest BCUT2D eigenvalue weighted by atomic mass is 10.1. The van der Waals surface area contributed by atoms with Crippen molar-refractivity contribution in [3.05, 3.63) is 40.4 Å². The third kappa shape index (κ3) is 3.61. The average molecular weight is 327 g/mol. The minimum atomic E-state index is -0.287. The predicted octanol–water partition coefficient (Wildman–Crippen LogP) is 3.06. The van der Waals surface area contributed by atoms with Crippen LogP contribution in [0, 0.1) is 5.82 Å². The van der Waals surface area contributed by atoms with E-state index in [0.717, 1.165) is 11.4 Å². The van der Waals surface area contributed by atoms with Crippen molar-refractivity contribution in [3.63, 3.8) is 0 Å². The van der Waals surface area contributed by atoms with Gasteiger partial charge in [0.25, 0.3) is 0 Å². The first kappa shape index (κ1) is 14.1. The zero-order chi connectivity index (χ0) is 14.0. The fourth-order valence-electron chi connectivity index (χ4n) is 1.59. The standard InChI is InChI=1S/C13H16BrFN4/c1-13(2,3)16-7-10-8-17-18-19(10)12-5-4-9(15)6-11(12)14/h4-6,8,16H,7H2,1-3H3. The van der Waals surface area contributed by atoms with Crippen LogP contribution in [0.4, 0.5) is 4.39 Å². The number of nitrogens with zero attached hydrogens (tertiary/aromatic N) is 3. The Morgan fingerprint density at radius 2 is 2.11 bits per heavy atom. The van der Waals surface area contributed by atoms with Crippen LogP contribution in [0.1, 0.15) is 26.5 Å². The summed E-state index contributed by atoms with van der Waals surface area (Å²) in [5.74, 6) is -0.287. The Hall–Kier alpha value is -1.27. The minimum absolute atomic E-state index is 0.00906. The van der Waals surface area contributed by atoms with E-state index < -0.39 is 0 Å². The molecule has 0 aliphatic rings. The van der Waals surface area contributed by atoms with Gasteiger partial charge in [0.2, 0.25) is 0 Å². The van der Waals surface area contributed by atoms with E-state index in [1.165, 1.54) is 12.1 Å². The van der Waals surface area contributed by atoms with Crippen molar-refractivity contribution in [1.29, 1.82) is 0 Å². The predicted molar refractivity (Wildman–Crippen MR) is 75.6 cm³/mol. The van der Waals surface area contributed by atoms with Gasteiger partial charge < -0.3 is 5.32 Å². The van der Waals surface area contributed by atoms with E-state index in [2.05, 4.69) is 52.3 Å². The highest BCUT2D eigenvalue weighted by Gasteiger charge is 2.13. The number of hydrogen-bond donors (Lipinski definition) is 1. The van der Waals surface area contributed by atoms with Gasteiger partial charge in [-0.3, -0.25) is 0 Å². The summed E-state index contributed by atoms with van der Waals surface area (Å²) in [7, 11) is 0. The molecule has 0 radical (unpaired) electrons. The summed E-state index contributed by atoms with van der Waals surface area (Å²) in [6, 6.07) is 4.50. The molecule has 0 saturated heterocycles. The number of hydrogen-bond acceptors (Lipinski definition) is 3. The largest absolute Gasteiger partial charge is 0.306 e. The second kappa shape index (κ2) is 5.38. The third-order valence-corrected chi connectivity index (χ3v) is 3.19. The molecule has 1 N–H and O–H groups in total. The third-order valence-electron chi connectivity index (χ3n) is 2.56. The first-order chi connectivity index (χ1) is 8.87. The lowest BCUT2D eigenvalue weighted by molar-refractivity contribution is 0.418. The molecular formula is C13H16BrFN4. The average Bonchev–Trinajstić information content (AvgIpc) is 2.73. The summed E-state index contributed by atoms with van der Waals surface area (Å²) < 4.78 is 15.5. The highest BCUT2D eigenvalue weighted by atomic mass is 79.9. The summed E-state index contributed by atoms with van der Waals surface area (Å²) in [6.07, 6.45) is 1.70. The lowest BCUT2D eigenvalue weighted by Crippen LogP contribution is -2.35. The normalized spacial score (nSPS) is 11.8. The fraction of sp³-hybridized carbons (Fsp3) is 0.385. The van der Waals surface area contributed by atoms with E-state index in [4.69, 9.17) is 0 Å². The van der Waals surface area contributed by atoms with E-state index in [9.17, 15) is 4.39 Å². The smallest absolute Gasteiger partial charge is 0.124 e. The van der Waals surface area contributed by atoms with Crippen molar-refractivity contribution >= 4 is 15.9 Å². The van der Waals surface area contributed by atoms with E-state index in [1.807, 2.05) is 0 Å². The van der Waals surface area contributed by atoms with Crippen LogP contribution < -0.4 is 5.32 Å². The van der Waals surface area contributed by atoms with Gasteiger partial charge in [0, 0.05) is 16.6 Å². The first-order valence-electron chi connectivity index (χ1n) is 5.97. The SMILES string of the molecule is CC(C)(C)NCc1cnnn1-c1ccc(F)cc1Br. The zero-order valence-electron chi connectivity index (χ0n) is 11.1. The Morgan fingerprint density at radius 1 is 1.37 bits per heavy atom. The molecule has 0 amide bonds. The first-order valence-corrected chi connectivity index (χ1v) is 6.76. The molecule has 0 aliphatic heterocycles. The quantitative estimate of drug-likeness (QED) is 0.942. The van der Waals surface area contributed by atoms with Crippen LogP contribution >= 0.6 is 15.9 Å². The Morgan fingerprint density at radius 3 is 2.74 bits per heavy atom. The van der Waals surface area contributed by atoms with Gasteiger partial charge in [-0.25, -0.2) is 9.07 Å². The second-order valence-corrected chi connectivity index (χ2v) is 6.19. The maximum atomic E-state index is 13.1. The molecule has 19 heavy (non-hydrogen) atoms. The van der Waals surface area contributed by atoms with Crippen molar-refractivity contribution < 1.29 is 4.39 Å². The number of nitrogens with one attached hydrogen (secondary N) is 1.